The van der Waals surface area contributed by atoms with Crippen molar-refractivity contribution in [2.24, 2.45) is 16.8 Å². The standard InChI is InChI=1S/C21H28N2O2/c1-13(2)23-19-7-4-15(10-14(3)16-5-6-16)11-17(19)20(21(23)24)18-12-25-9-8-22-18/h4,7,11,13-14,16,24H,5-6,8-10,12H2,1-3H3. The van der Waals surface area contributed by atoms with Crippen molar-refractivity contribution < 1.29 is 9.84 Å². The number of benzene rings is 1. The number of fused-ring (bicyclic) bond motifs is 1. The lowest BCUT2D eigenvalue weighted by Crippen LogP contribution is -2.19. The van der Waals surface area contributed by atoms with Gasteiger partial charge in [0.15, 0.2) is 0 Å². The summed E-state index contributed by atoms with van der Waals surface area (Å²) < 4.78 is 7.60. The van der Waals surface area contributed by atoms with Crippen LogP contribution in [0.15, 0.2) is 23.2 Å². The Morgan fingerprint density at radius 3 is 2.72 bits per heavy atom. The van der Waals surface area contributed by atoms with Gasteiger partial charge in [-0.1, -0.05) is 13.0 Å². The molecular weight excluding hydrogens is 312 g/mol. The first-order valence-electron chi connectivity index (χ1n) is 9.53. The Morgan fingerprint density at radius 1 is 1.28 bits per heavy atom. The van der Waals surface area contributed by atoms with Gasteiger partial charge in [0, 0.05) is 11.4 Å². The first-order chi connectivity index (χ1) is 12.1. The normalized spacial score (nSPS) is 19.4. The molecule has 1 aliphatic carbocycles. The van der Waals surface area contributed by atoms with Gasteiger partial charge in [0.05, 0.1) is 36.6 Å². The third-order valence-corrected chi connectivity index (χ3v) is 5.61. The first-order valence-corrected chi connectivity index (χ1v) is 9.53. The molecule has 1 aromatic carbocycles. The second-order valence-corrected chi connectivity index (χ2v) is 7.91. The van der Waals surface area contributed by atoms with E-state index in [0.717, 1.165) is 40.4 Å². The van der Waals surface area contributed by atoms with Gasteiger partial charge in [-0.25, -0.2) is 0 Å². The van der Waals surface area contributed by atoms with Gasteiger partial charge < -0.3 is 14.4 Å². The molecule has 2 aromatic rings. The number of aromatic hydroxyl groups is 1. The molecule has 2 aliphatic rings. The molecule has 134 valence electrons. The molecule has 0 radical (unpaired) electrons. The molecule has 4 rings (SSSR count). The smallest absolute Gasteiger partial charge is 0.201 e. The van der Waals surface area contributed by atoms with E-state index in [1.807, 2.05) is 4.57 Å². The quantitative estimate of drug-likeness (QED) is 0.880. The molecule has 2 heterocycles. The Balaban J connectivity index is 1.82. The number of hydrogen-bond acceptors (Lipinski definition) is 3. The summed E-state index contributed by atoms with van der Waals surface area (Å²) >= 11 is 0. The van der Waals surface area contributed by atoms with E-state index in [0.29, 0.717) is 25.6 Å². The molecule has 1 saturated carbocycles. The predicted molar refractivity (Wildman–Crippen MR) is 102 cm³/mol. The Kier molecular flexibility index (Phi) is 4.32. The molecule has 1 N–H and O–H groups in total. The second kappa shape index (κ2) is 6.49. The number of ether oxygens (including phenoxy) is 1. The molecule has 1 atom stereocenters. The van der Waals surface area contributed by atoms with Gasteiger partial charge in [0.1, 0.15) is 0 Å². The molecule has 4 nitrogen and oxygen atoms in total. The summed E-state index contributed by atoms with van der Waals surface area (Å²) in [4.78, 5) is 4.63. The van der Waals surface area contributed by atoms with Gasteiger partial charge in [-0.2, -0.15) is 0 Å². The minimum Gasteiger partial charge on any atom is -0.494 e. The van der Waals surface area contributed by atoms with Crippen molar-refractivity contribution in [2.45, 2.75) is 46.1 Å². The van der Waals surface area contributed by atoms with Gasteiger partial charge in [0.2, 0.25) is 5.88 Å². The van der Waals surface area contributed by atoms with Gasteiger partial charge in [-0.05, 0) is 62.6 Å². The van der Waals surface area contributed by atoms with Crippen LogP contribution in [0.25, 0.3) is 10.9 Å². The average molecular weight is 340 g/mol. The fourth-order valence-corrected chi connectivity index (χ4v) is 4.10. The monoisotopic (exact) mass is 340 g/mol. The van der Waals surface area contributed by atoms with Crippen LogP contribution in [-0.4, -0.2) is 35.1 Å². The highest BCUT2D eigenvalue weighted by atomic mass is 16.5. The maximum Gasteiger partial charge on any atom is 0.201 e. The van der Waals surface area contributed by atoms with Crippen molar-refractivity contribution in [1.29, 1.82) is 0 Å². The highest BCUT2D eigenvalue weighted by Gasteiger charge is 2.28. The van der Waals surface area contributed by atoms with Crippen molar-refractivity contribution in [3.05, 3.63) is 29.3 Å². The summed E-state index contributed by atoms with van der Waals surface area (Å²) in [5.41, 5.74) is 4.18. The zero-order chi connectivity index (χ0) is 17.6. The van der Waals surface area contributed by atoms with E-state index < -0.39 is 0 Å². The molecule has 4 heteroatoms. The Hall–Kier alpha value is -1.81. The molecule has 0 amide bonds. The molecule has 0 saturated heterocycles. The van der Waals surface area contributed by atoms with Crippen LogP contribution in [0.1, 0.15) is 50.8 Å². The Labute approximate surface area is 149 Å². The molecule has 25 heavy (non-hydrogen) atoms. The van der Waals surface area contributed by atoms with Crippen LogP contribution >= 0.6 is 0 Å². The number of aliphatic imine (C=N–C) groups is 1. The highest BCUT2D eigenvalue weighted by molar-refractivity contribution is 6.14. The first kappa shape index (κ1) is 16.6. The van der Waals surface area contributed by atoms with Crippen LogP contribution in [0.2, 0.25) is 0 Å². The van der Waals surface area contributed by atoms with Crippen LogP contribution in [0.4, 0.5) is 0 Å². The van der Waals surface area contributed by atoms with E-state index in [1.165, 1.54) is 18.4 Å². The predicted octanol–water partition coefficient (Wildman–Crippen LogP) is 4.34. The number of aromatic nitrogens is 1. The molecule has 1 fully saturated rings. The van der Waals surface area contributed by atoms with E-state index in [4.69, 9.17) is 4.74 Å². The summed E-state index contributed by atoms with van der Waals surface area (Å²) in [6, 6.07) is 6.84. The van der Waals surface area contributed by atoms with Crippen molar-refractivity contribution >= 4 is 16.6 Å². The van der Waals surface area contributed by atoms with E-state index in [1.54, 1.807) is 0 Å². The Morgan fingerprint density at radius 2 is 2.08 bits per heavy atom. The van der Waals surface area contributed by atoms with Gasteiger partial charge in [0.25, 0.3) is 0 Å². The summed E-state index contributed by atoms with van der Waals surface area (Å²) in [5.74, 6) is 1.96. The minimum absolute atomic E-state index is 0.192. The molecule has 0 spiro atoms. The van der Waals surface area contributed by atoms with E-state index in [-0.39, 0.29) is 6.04 Å². The number of hydrogen-bond donors (Lipinski definition) is 1. The van der Waals surface area contributed by atoms with E-state index >= 15 is 0 Å². The Bertz CT molecular complexity index is 815. The van der Waals surface area contributed by atoms with Crippen molar-refractivity contribution in [3.63, 3.8) is 0 Å². The zero-order valence-electron chi connectivity index (χ0n) is 15.5. The fraction of sp³-hybridized carbons (Fsp3) is 0.571. The summed E-state index contributed by atoms with van der Waals surface area (Å²) in [6.45, 7) is 8.38. The lowest BCUT2D eigenvalue weighted by molar-refractivity contribution is 0.171. The SMILES string of the molecule is CC(Cc1ccc2c(c1)c(C1=NCCOC1)c(O)n2C(C)C)C1CC1. The zero-order valence-corrected chi connectivity index (χ0v) is 15.5. The van der Waals surface area contributed by atoms with Crippen LogP contribution in [0, 0.1) is 11.8 Å². The maximum atomic E-state index is 10.9. The van der Waals surface area contributed by atoms with E-state index in [9.17, 15) is 5.11 Å². The van der Waals surface area contributed by atoms with Crippen LogP contribution in [-0.2, 0) is 11.2 Å². The minimum atomic E-state index is 0.192. The fourth-order valence-electron chi connectivity index (χ4n) is 4.10. The van der Waals surface area contributed by atoms with Gasteiger partial charge in [-0.15, -0.1) is 0 Å². The van der Waals surface area contributed by atoms with Gasteiger partial charge in [-0.3, -0.25) is 4.99 Å². The summed E-state index contributed by atoms with van der Waals surface area (Å²) in [7, 11) is 0. The van der Waals surface area contributed by atoms with Crippen LogP contribution in [0.5, 0.6) is 5.88 Å². The largest absolute Gasteiger partial charge is 0.494 e. The van der Waals surface area contributed by atoms with Gasteiger partial charge >= 0.3 is 0 Å². The lowest BCUT2D eigenvalue weighted by atomic mass is 9.95. The van der Waals surface area contributed by atoms with Crippen molar-refractivity contribution in [1.82, 2.24) is 4.57 Å². The van der Waals surface area contributed by atoms with Crippen LogP contribution in [0.3, 0.4) is 0 Å². The summed E-state index contributed by atoms with van der Waals surface area (Å²) in [6.07, 6.45) is 3.87. The average Bonchev–Trinajstić information content (AvgIpc) is 3.39. The number of nitrogens with zero attached hydrogens (tertiary/aromatic N) is 2. The van der Waals surface area contributed by atoms with Crippen molar-refractivity contribution in [2.75, 3.05) is 19.8 Å². The van der Waals surface area contributed by atoms with Crippen LogP contribution < -0.4 is 0 Å². The van der Waals surface area contributed by atoms with E-state index in [2.05, 4.69) is 44.0 Å². The molecule has 1 aliphatic heterocycles. The van der Waals surface area contributed by atoms with Crippen molar-refractivity contribution in [3.8, 4) is 5.88 Å². The molecular formula is C21H28N2O2. The maximum absolute atomic E-state index is 10.9. The molecule has 1 unspecified atom stereocenters. The molecule has 1 aromatic heterocycles. The third kappa shape index (κ3) is 3.08. The summed E-state index contributed by atoms with van der Waals surface area (Å²) in [5, 5.41) is 12.0. The topological polar surface area (TPSA) is 46.8 Å². The lowest BCUT2D eigenvalue weighted by Gasteiger charge is -2.14. The second-order valence-electron chi connectivity index (χ2n) is 7.91. The highest BCUT2D eigenvalue weighted by Crippen LogP contribution is 2.40. The molecule has 0 bridgehead atoms. The third-order valence-electron chi connectivity index (χ3n) is 5.61. The number of rotatable bonds is 5.